The number of fused-ring (bicyclic) bond motifs is 1. The first kappa shape index (κ1) is 17.2. The number of pyridine rings is 1. The zero-order valence-electron chi connectivity index (χ0n) is 15.9. The molecule has 3 aromatic heterocycles. The van der Waals surface area contributed by atoms with Crippen LogP contribution in [0.2, 0.25) is 0 Å². The lowest BCUT2D eigenvalue weighted by molar-refractivity contribution is -0.117. The van der Waals surface area contributed by atoms with Crippen LogP contribution in [-0.4, -0.2) is 44.5 Å². The molecule has 2 N–H and O–H groups in total. The highest BCUT2D eigenvalue weighted by Gasteiger charge is 2.30. The highest BCUT2D eigenvalue weighted by molar-refractivity contribution is 5.93. The summed E-state index contributed by atoms with van der Waals surface area (Å²) >= 11 is 0. The van der Waals surface area contributed by atoms with Gasteiger partial charge >= 0.3 is 0 Å². The number of rotatable bonds is 6. The monoisotopic (exact) mass is 380 g/mol. The molecule has 1 aliphatic heterocycles. The molecule has 2 aliphatic rings. The van der Waals surface area contributed by atoms with Crippen LogP contribution in [0.4, 0.5) is 5.82 Å². The van der Waals surface area contributed by atoms with E-state index >= 15 is 0 Å². The molecule has 0 bridgehead atoms. The minimum atomic E-state index is 0.0615. The molecule has 146 valence electrons. The average Bonchev–Trinajstić information content (AvgIpc) is 3.09. The second-order valence-corrected chi connectivity index (χ2v) is 7.66. The summed E-state index contributed by atoms with van der Waals surface area (Å²) in [6.07, 6.45) is 7.96. The van der Waals surface area contributed by atoms with E-state index in [1.807, 2.05) is 36.1 Å². The zero-order valence-corrected chi connectivity index (χ0v) is 15.9. The summed E-state index contributed by atoms with van der Waals surface area (Å²) in [6, 6.07) is 6.33. The van der Waals surface area contributed by atoms with Crippen LogP contribution in [0.5, 0.6) is 5.75 Å². The molecule has 0 unspecified atom stereocenters. The molecule has 0 aromatic carbocycles. The maximum absolute atomic E-state index is 12.0. The Hall–Kier alpha value is -2.87. The van der Waals surface area contributed by atoms with Crippen molar-refractivity contribution in [3.8, 4) is 17.0 Å². The second-order valence-electron chi connectivity index (χ2n) is 7.66. The number of ether oxygens (including phenoxy) is 1. The number of nitrogens with zero attached hydrogens (tertiary/aromatic N) is 4. The molecule has 1 amide bonds. The van der Waals surface area contributed by atoms with Crippen molar-refractivity contribution in [1.82, 2.24) is 24.7 Å². The predicted molar refractivity (Wildman–Crippen MR) is 105 cm³/mol. The van der Waals surface area contributed by atoms with Gasteiger partial charge in [-0.3, -0.25) is 9.48 Å². The molecule has 1 saturated heterocycles. The standard InChI is InChI=1S/C20H24N6O2/c1-25-19(17(11-22-25)28-12-15-3-2-7-21-15)14-6-8-26-16(9-14)10-18(24-26)23-20(27)13-4-5-13/h6,8-11,13,15,21H,2-5,7,12H2,1H3,(H,23,24,27)/t15-/m0/s1. The normalized spacial score (nSPS) is 19.2. The number of nitrogens with one attached hydrogen (secondary N) is 2. The first-order valence-electron chi connectivity index (χ1n) is 9.86. The summed E-state index contributed by atoms with van der Waals surface area (Å²) in [5.41, 5.74) is 2.85. The number of amides is 1. The number of hydrogen-bond donors (Lipinski definition) is 2. The van der Waals surface area contributed by atoms with Crippen molar-refractivity contribution in [2.24, 2.45) is 13.0 Å². The van der Waals surface area contributed by atoms with Crippen LogP contribution in [0, 0.1) is 5.92 Å². The van der Waals surface area contributed by atoms with Crippen molar-refractivity contribution in [2.45, 2.75) is 31.7 Å². The molecule has 0 spiro atoms. The quantitative estimate of drug-likeness (QED) is 0.685. The van der Waals surface area contributed by atoms with Gasteiger partial charge in [0.05, 0.1) is 11.7 Å². The van der Waals surface area contributed by atoms with Crippen LogP contribution in [0.1, 0.15) is 25.7 Å². The summed E-state index contributed by atoms with van der Waals surface area (Å²) in [5.74, 6) is 1.58. The Kier molecular flexibility index (Phi) is 4.27. The number of carbonyl (C=O) groups is 1. The molecule has 8 heteroatoms. The van der Waals surface area contributed by atoms with Gasteiger partial charge in [0.1, 0.15) is 12.3 Å². The van der Waals surface area contributed by atoms with Crippen molar-refractivity contribution in [3.05, 3.63) is 30.6 Å². The lowest BCUT2D eigenvalue weighted by Gasteiger charge is -2.13. The summed E-state index contributed by atoms with van der Waals surface area (Å²) < 4.78 is 9.67. The van der Waals surface area contributed by atoms with Crippen LogP contribution in [0.25, 0.3) is 16.8 Å². The van der Waals surface area contributed by atoms with Gasteiger partial charge in [0.2, 0.25) is 5.91 Å². The van der Waals surface area contributed by atoms with Crippen LogP contribution in [-0.2, 0) is 11.8 Å². The first-order valence-corrected chi connectivity index (χ1v) is 9.86. The maximum atomic E-state index is 12.0. The Morgan fingerprint density at radius 1 is 1.36 bits per heavy atom. The minimum Gasteiger partial charge on any atom is -0.488 e. The maximum Gasteiger partial charge on any atom is 0.228 e. The van der Waals surface area contributed by atoms with E-state index in [0.717, 1.165) is 48.3 Å². The highest BCUT2D eigenvalue weighted by Crippen LogP contribution is 2.32. The molecular formula is C20H24N6O2. The van der Waals surface area contributed by atoms with Crippen LogP contribution in [0.3, 0.4) is 0 Å². The first-order chi connectivity index (χ1) is 13.7. The third-order valence-electron chi connectivity index (χ3n) is 5.44. The van der Waals surface area contributed by atoms with Gasteiger partial charge in [0, 0.05) is 36.8 Å². The predicted octanol–water partition coefficient (Wildman–Crippen LogP) is 2.21. The van der Waals surface area contributed by atoms with E-state index in [-0.39, 0.29) is 11.8 Å². The SMILES string of the molecule is Cn1ncc(OC[C@@H]2CCCN2)c1-c1ccn2nc(NC(=O)C3CC3)cc2c1. The number of carbonyl (C=O) groups excluding carboxylic acids is 1. The van der Waals surface area contributed by atoms with E-state index < -0.39 is 0 Å². The number of aryl methyl sites for hydroxylation is 1. The van der Waals surface area contributed by atoms with Gasteiger partial charge in [-0.1, -0.05) is 0 Å². The smallest absolute Gasteiger partial charge is 0.228 e. The molecule has 5 rings (SSSR count). The third kappa shape index (κ3) is 3.35. The Morgan fingerprint density at radius 3 is 3.04 bits per heavy atom. The summed E-state index contributed by atoms with van der Waals surface area (Å²) in [4.78, 5) is 12.0. The van der Waals surface area contributed by atoms with Crippen molar-refractivity contribution in [2.75, 3.05) is 18.5 Å². The van der Waals surface area contributed by atoms with E-state index in [1.165, 1.54) is 6.42 Å². The van der Waals surface area contributed by atoms with E-state index in [1.54, 1.807) is 10.7 Å². The van der Waals surface area contributed by atoms with Gasteiger partial charge in [-0.2, -0.15) is 10.2 Å². The fraction of sp³-hybridized carbons (Fsp3) is 0.450. The van der Waals surface area contributed by atoms with Gasteiger partial charge < -0.3 is 15.4 Å². The lowest BCUT2D eigenvalue weighted by atomic mass is 10.1. The molecular weight excluding hydrogens is 356 g/mol. The summed E-state index contributed by atoms with van der Waals surface area (Å²) in [6.45, 7) is 1.70. The van der Waals surface area contributed by atoms with Gasteiger partial charge in [0.15, 0.2) is 11.6 Å². The third-order valence-corrected chi connectivity index (χ3v) is 5.44. The Balaban J connectivity index is 1.39. The summed E-state index contributed by atoms with van der Waals surface area (Å²) in [5, 5.41) is 15.2. The van der Waals surface area contributed by atoms with Crippen LogP contribution < -0.4 is 15.4 Å². The van der Waals surface area contributed by atoms with E-state index in [2.05, 4.69) is 20.8 Å². The second kappa shape index (κ2) is 6.94. The minimum absolute atomic E-state index is 0.0615. The number of aromatic nitrogens is 4. The zero-order chi connectivity index (χ0) is 19.1. The van der Waals surface area contributed by atoms with Crippen LogP contribution in [0.15, 0.2) is 30.6 Å². The topological polar surface area (TPSA) is 85.5 Å². The van der Waals surface area contributed by atoms with Crippen molar-refractivity contribution in [1.29, 1.82) is 0 Å². The molecule has 8 nitrogen and oxygen atoms in total. The van der Waals surface area contributed by atoms with E-state index in [9.17, 15) is 4.79 Å². The largest absolute Gasteiger partial charge is 0.488 e. The molecule has 2 fully saturated rings. The average molecular weight is 380 g/mol. The molecule has 1 saturated carbocycles. The van der Waals surface area contributed by atoms with Gasteiger partial charge in [-0.05, 0) is 44.4 Å². The molecule has 4 heterocycles. The molecule has 3 aromatic rings. The van der Waals surface area contributed by atoms with Crippen molar-refractivity contribution >= 4 is 17.2 Å². The Morgan fingerprint density at radius 2 is 2.25 bits per heavy atom. The van der Waals surface area contributed by atoms with Gasteiger partial charge in [-0.25, -0.2) is 4.52 Å². The van der Waals surface area contributed by atoms with Gasteiger partial charge in [0.25, 0.3) is 0 Å². The Bertz CT molecular complexity index is 1010. The van der Waals surface area contributed by atoms with Gasteiger partial charge in [-0.15, -0.1) is 0 Å². The van der Waals surface area contributed by atoms with Crippen molar-refractivity contribution < 1.29 is 9.53 Å². The highest BCUT2D eigenvalue weighted by atomic mass is 16.5. The lowest BCUT2D eigenvalue weighted by Crippen LogP contribution is -2.28. The van der Waals surface area contributed by atoms with E-state index in [0.29, 0.717) is 18.5 Å². The number of hydrogen-bond acceptors (Lipinski definition) is 5. The van der Waals surface area contributed by atoms with Crippen molar-refractivity contribution in [3.63, 3.8) is 0 Å². The fourth-order valence-corrected chi connectivity index (χ4v) is 3.72. The number of anilines is 1. The fourth-order valence-electron chi connectivity index (χ4n) is 3.72. The molecule has 1 aliphatic carbocycles. The summed E-state index contributed by atoms with van der Waals surface area (Å²) in [7, 11) is 1.91. The molecule has 1 atom stereocenters. The Labute approximate surface area is 162 Å². The van der Waals surface area contributed by atoms with Crippen LogP contribution >= 0.6 is 0 Å². The molecule has 28 heavy (non-hydrogen) atoms. The van der Waals surface area contributed by atoms with E-state index in [4.69, 9.17) is 4.74 Å². The molecule has 0 radical (unpaired) electrons.